The average Bonchev–Trinajstić information content (AvgIpc) is 2.68. The summed E-state index contributed by atoms with van der Waals surface area (Å²) in [6, 6.07) is 3.41. The number of carboxylic acid groups (broad SMARTS) is 2. The highest BCUT2D eigenvalue weighted by Gasteiger charge is 2.57. The third-order valence-electron chi connectivity index (χ3n) is 7.03. The molecule has 0 aromatic carbocycles. The minimum absolute atomic E-state index is 0.298. The minimum atomic E-state index is -1.25. The molecule has 3 rings (SSSR count). The second kappa shape index (κ2) is 7.83. The number of pyridine rings is 1. The molecule has 27 heavy (non-hydrogen) atoms. The van der Waals surface area contributed by atoms with Crippen LogP contribution < -0.4 is 0 Å². The van der Waals surface area contributed by atoms with Crippen LogP contribution in [0.3, 0.4) is 0 Å². The highest BCUT2D eigenvalue weighted by molar-refractivity contribution is 5.86. The molecule has 1 fully saturated rings. The van der Waals surface area contributed by atoms with Gasteiger partial charge >= 0.3 is 11.9 Å². The first kappa shape index (κ1) is 19.6. The number of nitrogens with zero attached hydrogens (tertiary/aromatic N) is 1. The molecule has 0 radical (unpaired) electrons. The Morgan fingerprint density at radius 1 is 1.11 bits per heavy atom. The van der Waals surface area contributed by atoms with E-state index in [2.05, 4.69) is 4.98 Å². The largest absolute Gasteiger partial charge is 0.481 e. The molecule has 0 spiro atoms. The average molecular weight is 371 g/mol. The van der Waals surface area contributed by atoms with Crippen molar-refractivity contribution < 1.29 is 19.8 Å². The second-order valence-electron chi connectivity index (χ2n) is 8.23. The summed E-state index contributed by atoms with van der Waals surface area (Å²) in [6.07, 6.45) is 14.3. The topological polar surface area (TPSA) is 87.5 Å². The van der Waals surface area contributed by atoms with Gasteiger partial charge in [0.05, 0.1) is 5.41 Å². The van der Waals surface area contributed by atoms with E-state index >= 15 is 0 Å². The van der Waals surface area contributed by atoms with Gasteiger partial charge in [-0.2, -0.15) is 0 Å². The predicted octanol–water partition coefficient (Wildman–Crippen LogP) is 4.43. The van der Waals surface area contributed by atoms with E-state index in [-0.39, 0.29) is 0 Å². The van der Waals surface area contributed by atoms with Gasteiger partial charge < -0.3 is 10.2 Å². The molecule has 1 aromatic heterocycles. The summed E-state index contributed by atoms with van der Waals surface area (Å²) < 4.78 is 0. The van der Waals surface area contributed by atoms with Crippen LogP contribution in [0, 0.1) is 17.3 Å². The number of carbonyl (C=O) groups is 2. The van der Waals surface area contributed by atoms with E-state index < -0.39 is 28.7 Å². The van der Waals surface area contributed by atoms with Crippen LogP contribution in [0.2, 0.25) is 0 Å². The molecule has 2 aliphatic carbocycles. The van der Waals surface area contributed by atoms with Crippen LogP contribution in [0.4, 0.5) is 0 Å². The molecule has 1 heterocycles. The zero-order valence-corrected chi connectivity index (χ0v) is 15.9. The highest BCUT2D eigenvalue weighted by atomic mass is 16.4. The number of rotatable bonds is 6. The van der Waals surface area contributed by atoms with Crippen LogP contribution in [0.5, 0.6) is 0 Å². The lowest BCUT2D eigenvalue weighted by Gasteiger charge is -2.47. The Kier molecular flexibility index (Phi) is 5.68. The molecule has 1 aromatic rings. The summed E-state index contributed by atoms with van der Waals surface area (Å²) in [5.74, 6) is -1.89. The molecular formula is C22H29NO4. The smallest absolute Gasteiger partial charge is 0.314 e. The van der Waals surface area contributed by atoms with E-state index in [9.17, 15) is 19.8 Å². The molecule has 3 unspecified atom stereocenters. The molecule has 1 saturated carbocycles. The predicted molar refractivity (Wildman–Crippen MR) is 102 cm³/mol. The van der Waals surface area contributed by atoms with Crippen molar-refractivity contribution in [2.24, 2.45) is 17.3 Å². The van der Waals surface area contributed by atoms with Gasteiger partial charge in [-0.25, -0.2) is 0 Å². The van der Waals surface area contributed by atoms with Crippen LogP contribution in [0.1, 0.15) is 63.9 Å². The van der Waals surface area contributed by atoms with Gasteiger partial charge in [0.15, 0.2) is 0 Å². The van der Waals surface area contributed by atoms with E-state index in [1.165, 1.54) is 19.3 Å². The highest BCUT2D eigenvalue weighted by Crippen LogP contribution is 2.52. The van der Waals surface area contributed by atoms with E-state index in [1.54, 1.807) is 43.6 Å². The maximum atomic E-state index is 12.5. The SMILES string of the molecule is CC1C(CCC2CCCCC2)(C(=O)O)C=CCC1(C(=O)O)c1ccncc1. The summed E-state index contributed by atoms with van der Waals surface area (Å²) in [6.45, 7) is 1.80. The van der Waals surface area contributed by atoms with Crippen molar-refractivity contribution in [3.05, 3.63) is 42.2 Å². The van der Waals surface area contributed by atoms with Crippen LogP contribution in [-0.4, -0.2) is 27.1 Å². The number of hydrogen-bond donors (Lipinski definition) is 2. The van der Waals surface area contributed by atoms with Crippen molar-refractivity contribution in [3.63, 3.8) is 0 Å². The Labute approximate surface area is 160 Å². The summed E-state index contributed by atoms with van der Waals surface area (Å²) in [7, 11) is 0. The van der Waals surface area contributed by atoms with Gasteiger partial charge in [0.1, 0.15) is 5.41 Å². The van der Waals surface area contributed by atoms with Gasteiger partial charge in [0.2, 0.25) is 0 Å². The third kappa shape index (κ3) is 3.40. The van der Waals surface area contributed by atoms with Crippen molar-refractivity contribution in [2.45, 2.75) is 63.7 Å². The fourth-order valence-electron chi connectivity index (χ4n) is 5.21. The summed E-state index contributed by atoms with van der Waals surface area (Å²) in [5, 5.41) is 20.4. The van der Waals surface area contributed by atoms with Gasteiger partial charge in [-0.15, -0.1) is 0 Å². The Hall–Kier alpha value is -2.17. The van der Waals surface area contributed by atoms with E-state index in [4.69, 9.17) is 0 Å². The van der Waals surface area contributed by atoms with E-state index in [0.717, 1.165) is 19.3 Å². The molecule has 0 aliphatic heterocycles. The number of aliphatic carboxylic acids is 2. The van der Waals surface area contributed by atoms with Crippen molar-refractivity contribution in [2.75, 3.05) is 0 Å². The fourth-order valence-corrected chi connectivity index (χ4v) is 5.21. The fraction of sp³-hybridized carbons (Fsp3) is 0.591. The van der Waals surface area contributed by atoms with Crippen molar-refractivity contribution >= 4 is 11.9 Å². The standard InChI is InChI=1S/C22H29NO4/c1-16-21(19(24)25,13-8-17-6-3-2-4-7-17)11-5-12-22(16,20(26)27)18-9-14-23-15-10-18/h5,9-11,14-17H,2-4,6-8,12-13H2,1H3,(H,24,25)(H,26,27). The van der Waals surface area contributed by atoms with Crippen molar-refractivity contribution in [1.82, 2.24) is 4.98 Å². The summed E-state index contributed by atoms with van der Waals surface area (Å²) in [5.41, 5.74) is -1.77. The lowest BCUT2D eigenvalue weighted by molar-refractivity contribution is -0.157. The van der Waals surface area contributed by atoms with E-state index in [1.807, 2.05) is 0 Å². The Morgan fingerprint density at radius 2 is 1.78 bits per heavy atom. The zero-order chi connectivity index (χ0) is 19.5. The maximum Gasteiger partial charge on any atom is 0.314 e. The van der Waals surface area contributed by atoms with Crippen LogP contribution in [0.25, 0.3) is 0 Å². The van der Waals surface area contributed by atoms with Crippen LogP contribution in [0.15, 0.2) is 36.7 Å². The summed E-state index contributed by atoms with van der Waals surface area (Å²) in [4.78, 5) is 28.9. The first-order chi connectivity index (χ1) is 12.9. The third-order valence-corrected chi connectivity index (χ3v) is 7.03. The van der Waals surface area contributed by atoms with Gasteiger partial charge in [0, 0.05) is 12.4 Å². The van der Waals surface area contributed by atoms with Crippen LogP contribution >= 0.6 is 0 Å². The van der Waals surface area contributed by atoms with Gasteiger partial charge in [0.25, 0.3) is 0 Å². The van der Waals surface area contributed by atoms with Gasteiger partial charge in [-0.05, 0) is 48.8 Å². The molecule has 5 nitrogen and oxygen atoms in total. The Morgan fingerprint density at radius 3 is 2.37 bits per heavy atom. The monoisotopic (exact) mass is 371 g/mol. The van der Waals surface area contributed by atoms with Crippen molar-refractivity contribution in [3.8, 4) is 0 Å². The lowest BCUT2D eigenvalue weighted by atomic mass is 9.54. The van der Waals surface area contributed by atoms with Gasteiger partial charge in [-0.3, -0.25) is 14.6 Å². The lowest BCUT2D eigenvalue weighted by Crippen LogP contribution is -2.53. The van der Waals surface area contributed by atoms with Crippen LogP contribution in [-0.2, 0) is 15.0 Å². The molecular weight excluding hydrogens is 342 g/mol. The number of allylic oxidation sites excluding steroid dienone is 1. The molecule has 0 bridgehead atoms. The van der Waals surface area contributed by atoms with Crippen molar-refractivity contribution in [1.29, 1.82) is 0 Å². The normalized spacial score (nSPS) is 31.5. The molecule has 146 valence electrons. The molecule has 0 saturated heterocycles. The molecule has 2 N–H and O–H groups in total. The molecule has 5 heteroatoms. The molecule has 3 atom stereocenters. The number of carboxylic acids is 2. The Balaban J connectivity index is 1.96. The minimum Gasteiger partial charge on any atom is -0.481 e. The quantitative estimate of drug-likeness (QED) is 0.722. The summed E-state index contributed by atoms with van der Waals surface area (Å²) >= 11 is 0. The molecule has 2 aliphatic rings. The maximum absolute atomic E-state index is 12.5. The van der Waals surface area contributed by atoms with E-state index in [0.29, 0.717) is 24.3 Å². The first-order valence-corrected chi connectivity index (χ1v) is 9.98. The first-order valence-electron chi connectivity index (χ1n) is 9.98. The molecule has 0 amide bonds. The number of hydrogen-bond acceptors (Lipinski definition) is 3. The zero-order valence-electron chi connectivity index (χ0n) is 15.9. The second-order valence-corrected chi connectivity index (χ2v) is 8.23. The number of aromatic nitrogens is 1. The van der Waals surface area contributed by atoms with Gasteiger partial charge in [-0.1, -0.05) is 51.2 Å². The Bertz CT molecular complexity index is 710.